The molecule has 1 aromatic carbocycles. The molecular formula is C15H16F2N4O. The number of halogens is 2. The first-order chi connectivity index (χ1) is 10.6. The number of hydrogen-bond acceptors (Lipinski definition) is 3. The Morgan fingerprint density at radius 2 is 2.14 bits per heavy atom. The van der Waals surface area contributed by atoms with Gasteiger partial charge in [-0.25, -0.2) is 8.78 Å². The van der Waals surface area contributed by atoms with Gasteiger partial charge >= 0.3 is 0 Å². The number of amides is 1. The summed E-state index contributed by atoms with van der Waals surface area (Å²) in [6.45, 7) is 2.82. The monoisotopic (exact) mass is 306 g/mol. The molecule has 0 radical (unpaired) electrons. The second-order valence-electron chi connectivity index (χ2n) is 5.45. The molecule has 0 spiro atoms. The SMILES string of the molecule is Cc1nncn1CCNC(=O)[C@@H]1C[C@@H]1c1c(F)cccc1F. The van der Waals surface area contributed by atoms with Crippen LogP contribution in [0.1, 0.15) is 23.7 Å². The predicted octanol–water partition coefficient (Wildman–Crippen LogP) is 1.78. The van der Waals surface area contributed by atoms with Gasteiger partial charge in [-0.3, -0.25) is 4.79 Å². The fourth-order valence-electron chi connectivity index (χ4n) is 2.63. The first-order valence-electron chi connectivity index (χ1n) is 7.14. The van der Waals surface area contributed by atoms with Crippen molar-refractivity contribution in [2.45, 2.75) is 25.8 Å². The van der Waals surface area contributed by atoms with Gasteiger partial charge in [0.15, 0.2) is 0 Å². The van der Waals surface area contributed by atoms with Crippen LogP contribution in [0.15, 0.2) is 24.5 Å². The third-order valence-electron chi connectivity index (χ3n) is 3.96. The third-order valence-corrected chi connectivity index (χ3v) is 3.96. The number of aromatic nitrogens is 3. The molecule has 22 heavy (non-hydrogen) atoms. The lowest BCUT2D eigenvalue weighted by Gasteiger charge is -2.07. The Balaban J connectivity index is 1.54. The molecule has 1 saturated carbocycles. The first kappa shape index (κ1) is 14.6. The molecule has 7 heteroatoms. The summed E-state index contributed by atoms with van der Waals surface area (Å²) < 4.78 is 29.2. The van der Waals surface area contributed by atoms with Crippen LogP contribution in [0.3, 0.4) is 0 Å². The van der Waals surface area contributed by atoms with Crippen molar-refractivity contribution in [3.63, 3.8) is 0 Å². The molecule has 1 heterocycles. The minimum absolute atomic E-state index is 0.0253. The summed E-state index contributed by atoms with van der Waals surface area (Å²) in [5.41, 5.74) is 0.0253. The topological polar surface area (TPSA) is 59.8 Å². The molecule has 1 N–H and O–H groups in total. The van der Waals surface area contributed by atoms with Crippen LogP contribution in [0.4, 0.5) is 8.78 Å². The van der Waals surface area contributed by atoms with Gasteiger partial charge in [0, 0.05) is 30.5 Å². The lowest BCUT2D eigenvalue weighted by atomic mass is 10.1. The highest BCUT2D eigenvalue weighted by molar-refractivity contribution is 5.82. The van der Waals surface area contributed by atoms with Gasteiger partial charge in [-0.1, -0.05) is 6.07 Å². The average Bonchev–Trinajstić information content (AvgIpc) is 3.15. The van der Waals surface area contributed by atoms with Crippen LogP contribution in [0, 0.1) is 24.5 Å². The van der Waals surface area contributed by atoms with Crippen molar-refractivity contribution in [1.29, 1.82) is 0 Å². The standard InChI is InChI=1S/C15H16F2N4O/c1-9-20-19-8-21(9)6-5-18-15(22)11-7-10(11)14-12(16)3-2-4-13(14)17/h2-4,8,10-11H,5-7H2,1H3,(H,18,22)/t10-,11+/m0/s1. The second-order valence-corrected chi connectivity index (χ2v) is 5.45. The fraction of sp³-hybridized carbons (Fsp3) is 0.400. The highest BCUT2D eigenvalue weighted by atomic mass is 19.1. The predicted molar refractivity (Wildman–Crippen MR) is 75.0 cm³/mol. The van der Waals surface area contributed by atoms with Crippen LogP contribution in [0.25, 0.3) is 0 Å². The zero-order valence-electron chi connectivity index (χ0n) is 12.1. The van der Waals surface area contributed by atoms with Gasteiger partial charge in [-0.2, -0.15) is 0 Å². The van der Waals surface area contributed by atoms with E-state index in [1.165, 1.54) is 18.2 Å². The smallest absolute Gasteiger partial charge is 0.223 e. The second kappa shape index (κ2) is 5.82. The Kier molecular flexibility index (Phi) is 3.87. The number of carbonyl (C=O) groups is 1. The van der Waals surface area contributed by atoms with Gasteiger partial charge < -0.3 is 9.88 Å². The fourth-order valence-corrected chi connectivity index (χ4v) is 2.63. The summed E-state index contributed by atoms with van der Waals surface area (Å²) in [6, 6.07) is 3.77. The first-order valence-corrected chi connectivity index (χ1v) is 7.14. The van der Waals surface area contributed by atoms with E-state index in [2.05, 4.69) is 15.5 Å². The van der Waals surface area contributed by atoms with Crippen LogP contribution in [-0.2, 0) is 11.3 Å². The minimum Gasteiger partial charge on any atom is -0.354 e. The maximum absolute atomic E-state index is 13.7. The molecule has 1 fully saturated rings. The third kappa shape index (κ3) is 2.84. The summed E-state index contributed by atoms with van der Waals surface area (Å²) in [4.78, 5) is 12.0. The average molecular weight is 306 g/mol. The van der Waals surface area contributed by atoms with Crippen LogP contribution in [-0.4, -0.2) is 27.2 Å². The molecule has 1 amide bonds. The van der Waals surface area contributed by atoms with E-state index in [0.29, 0.717) is 19.5 Å². The molecule has 1 aliphatic rings. The number of rotatable bonds is 5. The highest BCUT2D eigenvalue weighted by Crippen LogP contribution is 2.49. The highest BCUT2D eigenvalue weighted by Gasteiger charge is 2.46. The Morgan fingerprint density at radius 3 is 2.77 bits per heavy atom. The van der Waals surface area contributed by atoms with Crippen molar-refractivity contribution in [2.24, 2.45) is 5.92 Å². The molecular weight excluding hydrogens is 290 g/mol. The van der Waals surface area contributed by atoms with E-state index >= 15 is 0 Å². The van der Waals surface area contributed by atoms with E-state index in [0.717, 1.165) is 5.82 Å². The van der Waals surface area contributed by atoms with Crippen molar-refractivity contribution in [3.05, 3.63) is 47.5 Å². The molecule has 1 aromatic heterocycles. The molecule has 1 aliphatic carbocycles. The van der Waals surface area contributed by atoms with Crippen LogP contribution >= 0.6 is 0 Å². The van der Waals surface area contributed by atoms with Crippen LogP contribution in [0.2, 0.25) is 0 Å². The van der Waals surface area contributed by atoms with E-state index in [-0.39, 0.29) is 23.3 Å². The largest absolute Gasteiger partial charge is 0.354 e. The van der Waals surface area contributed by atoms with Gasteiger partial charge in [0.1, 0.15) is 23.8 Å². The lowest BCUT2D eigenvalue weighted by molar-refractivity contribution is -0.122. The zero-order chi connectivity index (χ0) is 15.7. The summed E-state index contributed by atoms with van der Waals surface area (Å²) in [5.74, 6) is -1.28. The molecule has 2 atom stereocenters. The normalized spacial score (nSPS) is 20.0. The molecule has 0 bridgehead atoms. The number of aryl methyl sites for hydroxylation is 1. The molecule has 0 saturated heterocycles. The van der Waals surface area contributed by atoms with Crippen LogP contribution < -0.4 is 5.32 Å². The Hall–Kier alpha value is -2.31. The maximum atomic E-state index is 13.7. The number of nitrogens with zero attached hydrogens (tertiary/aromatic N) is 3. The van der Waals surface area contributed by atoms with Gasteiger partial charge in [0.2, 0.25) is 5.91 Å². The maximum Gasteiger partial charge on any atom is 0.223 e. The molecule has 0 unspecified atom stereocenters. The van der Waals surface area contributed by atoms with E-state index < -0.39 is 11.6 Å². The Morgan fingerprint density at radius 1 is 1.41 bits per heavy atom. The molecule has 3 rings (SSSR count). The summed E-state index contributed by atoms with van der Waals surface area (Å²) >= 11 is 0. The quantitative estimate of drug-likeness (QED) is 0.916. The molecule has 2 aromatic rings. The van der Waals surface area contributed by atoms with E-state index in [1.54, 1.807) is 6.33 Å². The van der Waals surface area contributed by atoms with Gasteiger partial charge in [-0.05, 0) is 25.5 Å². The molecule has 5 nitrogen and oxygen atoms in total. The van der Waals surface area contributed by atoms with E-state index in [9.17, 15) is 13.6 Å². The Bertz CT molecular complexity index is 680. The zero-order valence-corrected chi connectivity index (χ0v) is 12.1. The van der Waals surface area contributed by atoms with E-state index in [4.69, 9.17) is 0 Å². The number of benzene rings is 1. The Labute approximate surface area is 126 Å². The summed E-state index contributed by atoms with van der Waals surface area (Å²) in [6.07, 6.45) is 2.07. The summed E-state index contributed by atoms with van der Waals surface area (Å²) in [7, 11) is 0. The van der Waals surface area contributed by atoms with Crippen molar-refractivity contribution in [2.75, 3.05) is 6.54 Å². The number of nitrogens with one attached hydrogen (secondary N) is 1. The van der Waals surface area contributed by atoms with Crippen molar-refractivity contribution in [1.82, 2.24) is 20.1 Å². The van der Waals surface area contributed by atoms with Gasteiger partial charge in [-0.15, -0.1) is 10.2 Å². The number of carbonyl (C=O) groups excluding carboxylic acids is 1. The lowest BCUT2D eigenvalue weighted by Crippen LogP contribution is -2.29. The minimum atomic E-state index is -0.583. The van der Waals surface area contributed by atoms with Crippen molar-refractivity contribution >= 4 is 5.91 Å². The molecule has 0 aliphatic heterocycles. The van der Waals surface area contributed by atoms with Crippen molar-refractivity contribution < 1.29 is 13.6 Å². The molecule has 116 valence electrons. The summed E-state index contributed by atoms with van der Waals surface area (Å²) in [5, 5.41) is 10.4. The number of hydrogen-bond donors (Lipinski definition) is 1. The van der Waals surface area contributed by atoms with Gasteiger partial charge in [0.25, 0.3) is 0 Å². The van der Waals surface area contributed by atoms with E-state index in [1.807, 2.05) is 11.5 Å². The van der Waals surface area contributed by atoms with Gasteiger partial charge in [0.05, 0.1) is 0 Å². The van der Waals surface area contributed by atoms with Crippen LogP contribution in [0.5, 0.6) is 0 Å². The van der Waals surface area contributed by atoms with Crippen molar-refractivity contribution in [3.8, 4) is 0 Å².